The van der Waals surface area contributed by atoms with Crippen LogP contribution in [-0.4, -0.2) is 27.8 Å². The number of pyridine rings is 1. The number of methoxy groups -OCH3 is 1. The molecule has 2 aromatic rings. The summed E-state index contributed by atoms with van der Waals surface area (Å²) in [6.45, 7) is 4.40. The third kappa shape index (κ3) is 2.79. The number of primary amides is 1. The number of hydrogen-bond acceptors (Lipinski definition) is 4. The second-order valence-electron chi connectivity index (χ2n) is 4.57. The molecule has 2 aromatic heterocycles. The lowest BCUT2D eigenvalue weighted by atomic mass is 10.1. The summed E-state index contributed by atoms with van der Waals surface area (Å²) in [4.78, 5) is 15.1. The van der Waals surface area contributed by atoms with Crippen LogP contribution in [-0.2, 0) is 11.3 Å². The molecule has 0 unspecified atom stereocenters. The van der Waals surface area contributed by atoms with E-state index in [1.54, 1.807) is 18.0 Å². The minimum atomic E-state index is -0.329. The van der Waals surface area contributed by atoms with Gasteiger partial charge >= 0.3 is 0 Å². The van der Waals surface area contributed by atoms with E-state index in [2.05, 4.69) is 10.1 Å². The number of aromatic nitrogens is 3. The fourth-order valence-electron chi connectivity index (χ4n) is 2.20. The molecule has 0 saturated heterocycles. The van der Waals surface area contributed by atoms with Gasteiger partial charge in [-0.3, -0.25) is 9.48 Å². The predicted octanol–water partition coefficient (Wildman–Crippen LogP) is 1.45. The summed E-state index contributed by atoms with van der Waals surface area (Å²) in [6.07, 6.45) is 2.04. The maximum atomic E-state index is 10.9. The molecule has 0 aromatic carbocycles. The van der Waals surface area contributed by atoms with Crippen molar-refractivity contribution in [3.63, 3.8) is 0 Å². The van der Waals surface area contributed by atoms with E-state index in [9.17, 15) is 4.79 Å². The van der Waals surface area contributed by atoms with Gasteiger partial charge in [-0.05, 0) is 19.9 Å². The van der Waals surface area contributed by atoms with Crippen molar-refractivity contribution >= 4 is 5.91 Å². The molecule has 6 heteroatoms. The second-order valence-corrected chi connectivity index (χ2v) is 4.57. The molecule has 0 aliphatic rings. The van der Waals surface area contributed by atoms with Crippen LogP contribution in [0.15, 0.2) is 18.3 Å². The van der Waals surface area contributed by atoms with Crippen molar-refractivity contribution < 1.29 is 9.53 Å². The number of carbonyl (C=O) groups is 1. The van der Waals surface area contributed by atoms with E-state index in [-0.39, 0.29) is 12.3 Å². The van der Waals surface area contributed by atoms with Gasteiger partial charge in [0.2, 0.25) is 11.8 Å². The molecule has 0 atom stereocenters. The molecule has 2 rings (SSSR count). The molecule has 1 amide bonds. The first kappa shape index (κ1) is 14.0. The van der Waals surface area contributed by atoms with Gasteiger partial charge in [-0.15, -0.1) is 0 Å². The molecule has 6 nitrogen and oxygen atoms in total. The lowest BCUT2D eigenvalue weighted by molar-refractivity contribution is -0.118. The fourth-order valence-corrected chi connectivity index (χ4v) is 2.20. The van der Waals surface area contributed by atoms with Gasteiger partial charge in [0.1, 0.15) is 0 Å². The Labute approximate surface area is 117 Å². The molecule has 0 aliphatic heterocycles. The van der Waals surface area contributed by atoms with Crippen LogP contribution >= 0.6 is 0 Å². The molecule has 2 N–H and O–H groups in total. The number of nitrogens with zero attached hydrogens (tertiary/aromatic N) is 3. The topological polar surface area (TPSA) is 83.0 Å². The highest BCUT2D eigenvalue weighted by molar-refractivity contribution is 5.73. The highest BCUT2D eigenvalue weighted by Crippen LogP contribution is 2.27. The zero-order valence-electron chi connectivity index (χ0n) is 11.9. The molecule has 20 heavy (non-hydrogen) atoms. The first-order valence-corrected chi connectivity index (χ1v) is 6.35. The average molecular weight is 274 g/mol. The predicted molar refractivity (Wildman–Crippen MR) is 75.3 cm³/mol. The quantitative estimate of drug-likeness (QED) is 0.894. The smallest absolute Gasteiger partial charge is 0.219 e. The summed E-state index contributed by atoms with van der Waals surface area (Å²) in [5.41, 5.74) is 9.08. The van der Waals surface area contributed by atoms with Gasteiger partial charge in [0.05, 0.1) is 12.8 Å². The Hall–Kier alpha value is -2.37. The number of hydrogen-bond donors (Lipinski definition) is 1. The fraction of sp³-hybridized carbons (Fsp3) is 0.357. The van der Waals surface area contributed by atoms with Crippen molar-refractivity contribution in [1.29, 1.82) is 0 Å². The Kier molecular flexibility index (Phi) is 4.02. The van der Waals surface area contributed by atoms with Crippen LogP contribution in [0, 0.1) is 13.8 Å². The van der Waals surface area contributed by atoms with Crippen LogP contribution in [0.2, 0.25) is 0 Å². The van der Waals surface area contributed by atoms with Crippen LogP contribution in [0.5, 0.6) is 5.88 Å². The zero-order valence-corrected chi connectivity index (χ0v) is 11.9. The lowest BCUT2D eigenvalue weighted by Gasteiger charge is -2.05. The van der Waals surface area contributed by atoms with Gasteiger partial charge in [0, 0.05) is 42.0 Å². The zero-order chi connectivity index (χ0) is 14.7. The molecule has 0 radical (unpaired) electrons. The van der Waals surface area contributed by atoms with E-state index < -0.39 is 0 Å². The van der Waals surface area contributed by atoms with Crippen LogP contribution in [0.1, 0.15) is 17.8 Å². The molecular weight excluding hydrogens is 256 g/mol. The highest BCUT2D eigenvalue weighted by Gasteiger charge is 2.14. The Morgan fingerprint density at radius 3 is 2.70 bits per heavy atom. The van der Waals surface area contributed by atoms with Gasteiger partial charge in [0.25, 0.3) is 0 Å². The van der Waals surface area contributed by atoms with Crippen molar-refractivity contribution in [3.8, 4) is 17.0 Å². The van der Waals surface area contributed by atoms with Gasteiger partial charge in [-0.2, -0.15) is 5.10 Å². The van der Waals surface area contributed by atoms with E-state index in [1.807, 2.05) is 26.0 Å². The van der Waals surface area contributed by atoms with Crippen molar-refractivity contribution in [3.05, 3.63) is 29.7 Å². The molecule has 0 aliphatic carbocycles. The summed E-state index contributed by atoms with van der Waals surface area (Å²) in [5.74, 6) is 0.246. The summed E-state index contributed by atoms with van der Waals surface area (Å²) in [7, 11) is 1.58. The third-order valence-electron chi connectivity index (χ3n) is 3.19. The Bertz CT molecular complexity index is 617. The summed E-state index contributed by atoms with van der Waals surface area (Å²) in [6, 6.07) is 3.76. The summed E-state index contributed by atoms with van der Waals surface area (Å²) < 4.78 is 6.86. The van der Waals surface area contributed by atoms with Gasteiger partial charge in [-0.1, -0.05) is 0 Å². The first-order valence-electron chi connectivity index (χ1n) is 6.35. The normalized spacial score (nSPS) is 10.6. The van der Waals surface area contributed by atoms with E-state index in [0.29, 0.717) is 12.4 Å². The van der Waals surface area contributed by atoms with Crippen molar-refractivity contribution in [2.45, 2.75) is 26.8 Å². The number of aryl methyl sites for hydroxylation is 2. The minimum Gasteiger partial charge on any atom is -0.481 e. The largest absolute Gasteiger partial charge is 0.481 e. The van der Waals surface area contributed by atoms with E-state index in [4.69, 9.17) is 10.5 Å². The van der Waals surface area contributed by atoms with Crippen LogP contribution in [0.25, 0.3) is 11.1 Å². The summed E-state index contributed by atoms with van der Waals surface area (Å²) >= 11 is 0. The third-order valence-corrected chi connectivity index (χ3v) is 3.19. The number of ether oxygens (including phenoxy) is 1. The van der Waals surface area contributed by atoms with E-state index >= 15 is 0 Å². The van der Waals surface area contributed by atoms with Gasteiger partial charge < -0.3 is 10.5 Å². The second kappa shape index (κ2) is 5.73. The maximum absolute atomic E-state index is 10.9. The van der Waals surface area contributed by atoms with Crippen molar-refractivity contribution in [2.75, 3.05) is 7.11 Å². The SMILES string of the molecule is COc1ccc(-c2c(C)nn(CCC(N)=O)c2C)cn1. The Morgan fingerprint density at radius 1 is 1.40 bits per heavy atom. The number of nitrogens with two attached hydrogens (primary N) is 1. The van der Waals surface area contributed by atoms with Crippen LogP contribution in [0.3, 0.4) is 0 Å². The standard InChI is InChI=1S/C14H18N4O2/c1-9-14(11-4-5-13(20-3)16-8-11)10(2)18(17-9)7-6-12(15)19/h4-5,8H,6-7H2,1-3H3,(H2,15,19). The lowest BCUT2D eigenvalue weighted by Crippen LogP contribution is -2.15. The summed E-state index contributed by atoms with van der Waals surface area (Å²) in [5, 5.41) is 4.45. The van der Waals surface area contributed by atoms with Gasteiger partial charge in [-0.25, -0.2) is 4.98 Å². The molecule has 0 spiro atoms. The van der Waals surface area contributed by atoms with Crippen LogP contribution in [0.4, 0.5) is 0 Å². The number of carbonyl (C=O) groups excluding carboxylic acids is 1. The molecule has 0 fully saturated rings. The number of rotatable bonds is 5. The minimum absolute atomic E-state index is 0.280. The van der Waals surface area contributed by atoms with E-state index in [1.165, 1.54) is 0 Å². The monoisotopic (exact) mass is 274 g/mol. The Balaban J connectivity index is 2.33. The molecular formula is C14H18N4O2. The molecule has 2 heterocycles. The van der Waals surface area contributed by atoms with E-state index in [0.717, 1.165) is 22.5 Å². The average Bonchev–Trinajstić information content (AvgIpc) is 2.71. The van der Waals surface area contributed by atoms with Crippen LogP contribution < -0.4 is 10.5 Å². The van der Waals surface area contributed by atoms with Crippen molar-refractivity contribution in [1.82, 2.24) is 14.8 Å². The molecule has 0 saturated carbocycles. The number of amides is 1. The Morgan fingerprint density at radius 2 is 2.15 bits per heavy atom. The molecule has 106 valence electrons. The maximum Gasteiger partial charge on any atom is 0.219 e. The van der Waals surface area contributed by atoms with Gasteiger partial charge in [0.15, 0.2) is 0 Å². The first-order chi connectivity index (χ1) is 9.52. The van der Waals surface area contributed by atoms with Crippen molar-refractivity contribution in [2.24, 2.45) is 5.73 Å². The molecule has 0 bridgehead atoms. The highest BCUT2D eigenvalue weighted by atomic mass is 16.5.